The van der Waals surface area contributed by atoms with Crippen molar-refractivity contribution in [2.45, 2.75) is 13.0 Å². The predicted octanol–water partition coefficient (Wildman–Crippen LogP) is 1.20. The molecular weight excluding hydrogens is 252 g/mol. The summed E-state index contributed by atoms with van der Waals surface area (Å²) in [5.74, 6) is -1.67. The van der Waals surface area contributed by atoms with E-state index in [1.165, 1.54) is 0 Å². The Morgan fingerprint density at radius 2 is 2.11 bits per heavy atom. The Labute approximate surface area is 110 Å². The molecule has 0 spiro atoms. The van der Waals surface area contributed by atoms with Crippen LogP contribution in [0.15, 0.2) is 18.2 Å². The van der Waals surface area contributed by atoms with E-state index in [0.717, 1.165) is 37.8 Å². The largest absolute Gasteiger partial charge is 0.325 e. The van der Waals surface area contributed by atoms with Crippen molar-refractivity contribution in [1.29, 1.82) is 0 Å². The fraction of sp³-hybridized carbons (Fsp3) is 0.462. The molecular formula is C13H17F2N3O. The van der Waals surface area contributed by atoms with Gasteiger partial charge >= 0.3 is 0 Å². The quantitative estimate of drug-likeness (QED) is 0.866. The van der Waals surface area contributed by atoms with E-state index >= 15 is 0 Å². The summed E-state index contributed by atoms with van der Waals surface area (Å²) in [6.07, 6.45) is 0. The second kappa shape index (κ2) is 6.08. The van der Waals surface area contributed by atoms with Crippen molar-refractivity contribution in [2.24, 2.45) is 0 Å². The number of nitrogens with one attached hydrogen (secondary N) is 2. The maximum atomic E-state index is 13.0. The van der Waals surface area contributed by atoms with Crippen molar-refractivity contribution in [3.05, 3.63) is 29.8 Å². The molecule has 1 aromatic carbocycles. The first-order valence-corrected chi connectivity index (χ1v) is 6.24. The van der Waals surface area contributed by atoms with Crippen LogP contribution in [0, 0.1) is 11.6 Å². The zero-order valence-electron chi connectivity index (χ0n) is 10.7. The molecule has 104 valence electrons. The normalized spacial score (nSPS) is 20.3. The number of hydrogen-bond acceptors (Lipinski definition) is 3. The van der Waals surface area contributed by atoms with Crippen LogP contribution in [0.1, 0.15) is 6.92 Å². The Balaban J connectivity index is 1.90. The van der Waals surface area contributed by atoms with Crippen LogP contribution in [0.2, 0.25) is 0 Å². The molecule has 2 rings (SSSR count). The van der Waals surface area contributed by atoms with E-state index in [-0.39, 0.29) is 18.1 Å². The molecule has 0 bridgehead atoms. The van der Waals surface area contributed by atoms with Gasteiger partial charge in [0.25, 0.3) is 0 Å². The second-order valence-corrected chi connectivity index (χ2v) is 4.80. The zero-order valence-corrected chi connectivity index (χ0v) is 10.7. The summed E-state index contributed by atoms with van der Waals surface area (Å²) in [5, 5.41) is 5.78. The molecule has 0 aliphatic carbocycles. The fourth-order valence-corrected chi connectivity index (χ4v) is 2.19. The van der Waals surface area contributed by atoms with Crippen molar-refractivity contribution >= 4 is 11.6 Å². The third kappa shape index (κ3) is 4.25. The van der Waals surface area contributed by atoms with Gasteiger partial charge in [-0.05, 0) is 19.1 Å². The van der Waals surface area contributed by atoms with Gasteiger partial charge in [0.15, 0.2) is 0 Å². The number of rotatable bonds is 3. The van der Waals surface area contributed by atoms with Crippen LogP contribution in [0.5, 0.6) is 0 Å². The number of hydrogen-bond donors (Lipinski definition) is 2. The van der Waals surface area contributed by atoms with E-state index in [4.69, 9.17) is 0 Å². The summed E-state index contributed by atoms with van der Waals surface area (Å²) in [4.78, 5) is 13.8. The van der Waals surface area contributed by atoms with E-state index in [1.54, 1.807) is 0 Å². The average Bonchev–Trinajstić information content (AvgIpc) is 2.26. The first-order chi connectivity index (χ1) is 9.02. The molecule has 0 aromatic heterocycles. The number of piperazine rings is 1. The highest BCUT2D eigenvalue weighted by Gasteiger charge is 2.18. The molecule has 1 fully saturated rings. The highest BCUT2D eigenvalue weighted by molar-refractivity contribution is 5.92. The van der Waals surface area contributed by atoms with Crippen molar-refractivity contribution in [3.63, 3.8) is 0 Å². The summed E-state index contributed by atoms with van der Waals surface area (Å²) < 4.78 is 26.0. The Kier molecular flexibility index (Phi) is 4.44. The Bertz CT molecular complexity index is 447. The van der Waals surface area contributed by atoms with Gasteiger partial charge in [-0.1, -0.05) is 0 Å². The van der Waals surface area contributed by atoms with Crippen LogP contribution in [-0.2, 0) is 4.79 Å². The van der Waals surface area contributed by atoms with Crippen LogP contribution >= 0.6 is 0 Å². The van der Waals surface area contributed by atoms with Crippen LogP contribution < -0.4 is 10.6 Å². The smallest absolute Gasteiger partial charge is 0.238 e. The maximum Gasteiger partial charge on any atom is 0.238 e. The maximum absolute atomic E-state index is 13.0. The molecule has 6 heteroatoms. The standard InChI is InChI=1S/C13H17F2N3O/c1-9-7-18(3-2-16-9)8-13(19)17-12-5-10(14)4-11(15)6-12/h4-6,9,16H,2-3,7-8H2,1H3,(H,17,19)/t9-/m1/s1. The van der Waals surface area contributed by atoms with Crippen molar-refractivity contribution in [3.8, 4) is 0 Å². The number of amides is 1. The Morgan fingerprint density at radius 1 is 1.42 bits per heavy atom. The first-order valence-electron chi connectivity index (χ1n) is 6.24. The van der Waals surface area contributed by atoms with Crippen molar-refractivity contribution in [1.82, 2.24) is 10.2 Å². The minimum atomic E-state index is -0.703. The fourth-order valence-electron chi connectivity index (χ4n) is 2.19. The summed E-state index contributed by atoms with van der Waals surface area (Å²) >= 11 is 0. The lowest BCUT2D eigenvalue weighted by Crippen LogP contribution is -2.51. The third-order valence-electron chi connectivity index (χ3n) is 2.97. The highest BCUT2D eigenvalue weighted by atomic mass is 19.1. The molecule has 1 saturated heterocycles. The average molecular weight is 269 g/mol. The van der Waals surface area contributed by atoms with Gasteiger partial charge in [-0.2, -0.15) is 0 Å². The SMILES string of the molecule is C[C@@H]1CN(CC(=O)Nc2cc(F)cc(F)c2)CCN1. The third-order valence-corrected chi connectivity index (χ3v) is 2.97. The molecule has 19 heavy (non-hydrogen) atoms. The summed E-state index contributed by atoms with van der Waals surface area (Å²) in [6, 6.07) is 3.31. The van der Waals surface area contributed by atoms with Gasteiger partial charge in [-0.25, -0.2) is 8.78 Å². The first kappa shape index (κ1) is 13.9. The minimum Gasteiger partial charge on any atom is -0.325 e. The van der Waals surface area contributed by atoms with Crippen molar-refractivity contribution in [2.75, 3.05) is 31.5 Å². The second-order valence-electron chi connectivity index (χ2n) is 4.80. The van der Waals surface area contributed by atoms with E-state index in [2.05, 4.69) is 10.6 Å². The molecule has 1 aliphatic rings. The van der Waals surface area contributed by atoms with Crippen LogP contribution in [0.3, 0.4) is 0 Å². The molecule has 0 saturated carbocycles. The molecule has 1 aliphatic heterocycles. The van der Waals surface area contributed by atoms with E-state index < -0.39 is 11.6 Å². The molecule has 1 amide bonds. The highest BCUT2D eigenvalue weighted by Crippen LogP contribution is 2.12. The number of halogens is 2. The molecule has 0 unspecified atom stereocenters. The number of anilines is 1. The molecule has 1 atom stereocenters. The van der Waals surface area contributed by atoms with Gasteiger partial charge < -0.3 is 10.6 Å². The van der Waals surface area contributed by atoms with Gasteiger partial charge in [0.1, 0.15) is 11.6 Å². The van der Waals surface area contributed by atoms with Gasteiger partial charge in [0, 0.05) is 37.4 Å². The van der Waals surface area contributed by atoms with E-state index in [0.29, 0.717) is 6.04 Å². The number of nitrogens with zero attached hydrogens (tertiary/aromatic N) is 1. The molecule has 4 nitrogen and oxygen atoms in total. The Hall–Kier alpha value is -1.53. The lowest BCUT2D eigenvalue weighted by molar-refractivity contribution is -0.117. The number of carbonyl (C=O) groups excluding carboxylic acids is 1. The summed E-state index contributed by atoms with van der Waals surface area (Å²) in [7, 11) is 0. The predicted molar refractivity (Wildman–Crippen MR) is 68.9 cm³/mol. The lowest BCUT2D eigenvalue weighted by atomic mass is 10.2. The van der Waals surface area contributed by atoms with Gasteiger partial charge in [0.2, 0.25) is 5.91 Å². The van der Waals surface area contributed by atoms with Gasteiger partial charge in [-0.3, -0.25) is 9.69 Å². The van der Waals surface area contributed by atoms with Crippen LogP contribution in [0.25, 0.3) is 0 Å². The molecule has 2 N–H and O–H groups in total. The van der Waals surface area contributed by atoms with Crippen LogP contribution in [0.4, 0.5) is 14.5 Å². The molecule has 1 aromatic rings. The molecule has 1 heterocycles. The lowest BCUT2D eigenvalue weighted by Gasteiger charge is -2.31. The Morgan fingerprint density at radius 3 is 2.74 bits per heavy atom. The zero-order chi connectivity index (χ0) is 13.8. The van der Waals surface area contributed by atoms with Gasteiger partial charge in [0.05, 0.1) is 6.54 Å². The monoisotopic (exact) mass is 269 g/mol. The number of carbonyl (C=O) groups is 1. The van der Waals surface area contributed by atoms with E-state index in [1.807, 2.05) is 11.8 Å². The minimum absolute atomic E-state index is 0.144. The molecule has 0 radical (unpaired) electrons. The van der Waals surface area contributed by atoms with Gasteiger partial charge in [-0.15, -0.1) is 0 Å². The summed E-state index contributed by atoms with van der Waals surface area (Å²) in [5.41, 5.74) is 0.144. The summed E-state index contributed by atoms with van der Waals surface area (Å²) in [6.45, 7) is 4.68. The van der Waals surface area contributed by atoms with E-state index in [9.17, 15) is 13.6 Å². The topological polar surface area (TPSA) is 44.4 Å². The van der Waals surface area contributed by atoms with Crippen LogP contribution in [-0.4, -0.2) is 43.0 Å². The van der Waals surface area contributed by atoms with Crippen molar-refractivity contribution < 1.29 is 13.6 Å². The number of benzene rings is 1.